The number of likely N-dealkylation sites (tertiary alicyclic amines) is 1. The van der Waals surface area contributed by atoms with Crippen LogP contribution in [0.1, 0.15) is 116 Å². The maximum absolute atomic E-state index is 13.6. The van der Waals surface area contributed by atoms with Crippen molar-refractivity contribution in [2.75, 3.05) is 6.54 Å². The minimum atomic E-state index is -0.899. The number of nitrogens with zero attached hydrogens (tertiary/aromatic N) is 1. The first-order valence-corrected chi connectivity index (χ1v) is 22.1. The zero-order valence-corrected chi connectivity index (χ0v) is 36.3. The minimum Gasteiger partial charge on any atom is -0.445 e. The molecular formula is C49H67N3O8. The Kier molecular flexibility index (Phi) is 18.1. The molecular weight excluding hydrogens is 759 g/mol. The van der Waals surface area contributed by atoms with Crippen molar-refractivity contribution in [2.24, 2.45) is 5.92 Å². The maximum Gasteiger partial charge on any atom is 0.408 e. The molecule has 0 aliphatic carbocycles. The Morgan fingerprint density at radius 1 is 0.800 bits per heavy atom. The van der Waals surface area contributed by atoms with E-state index in [0.717, 1.165) is 61.6 Å². The molecule has 3 aromatic carbocycles. The summed E-state index contributed by atoms with van der Waals surface area (Å²) < 4.78 is 25.9. The van der Waals surface area contributed by atoms with Crippen LogP contribution in [0.4, 0.5) is 4.79 Å². The van der Waals surface area contributed by atoms with Crippen LogP contribution in [0.25, 0.3) is 0 Å². The highest BCUT2D eigenvalue weighted by Gasteiger charge is 2.51. The average molecular weight is 826 g/mol. The van der Waals surface area contributed by atoms with Gasteiger partial charge in [-0.3, -0.25) is 14.4 Å². The van der Waals surface area contributed by atoms with Crippen LogP contribution >= 0.6 is 0 Å². The van der Waals surface area contributed by atoms with Crippen LogP contribution in [0.15, 0.2) is 91.0 Å². The van der Waals surface area contributed by atoms with E-state index in [-0.39, 0.29) is 42.5 Å². The van der Waals surface area contributed by atoms with Gasteiger partial charge >= 0.3 is 6.09 Å². The Labute approximate surface area is 357 Å². The Hall–Kier alpha value is -4.58. The molecule has 11 nitrogen and oxygen atoms in total. The van der Waals surface area contributed by atoms with E-state index < -0.39 is 35.7 Å². The second kappa shape index (κ2) is 23.4. The summed E-state index contributed by atoms with van der Waals surface area (Å²) in [5, 5.41) is 5.56. The van der Waals surface area contributed by atoms with E-state index in [1.807, 2.05) is 66.7 Å². The fraction of sp³-hybridized carbons (Fsp3) is 0.551. The fourth-order valence-corrected chi connectivity index (χ4v) is 8.66. The number of hydrogen-bond acceptors (Lipinski definition) is 8. The number of nitrogens with one attached hydrogen (secondary N) is 2. The van der Waals surface area contributed by atoms with Crippen molar-refractivity contribution in [3.8, 4) is 0 Å². The molecule has 5 rings (SSSR count). The lowest BCUT2D eigenvalue weighted by Crippen LogP contribution is -2.61. The number of carbonyl (C=O) groups excluding carboxylic acids is 4. The smallest absolute Gasteiger partial charge is 0.408 e. The standard InChI is InChI=1S/C49H67N3O8/c1-6-43-35(2)44(57-32-38-22-13-10-14-23-38)45(58-33-39-24-15-11-16-25-39)49(5,60-43)30-20-9-7-8-19-28-41(51-48(56)59-34-40-26-17-12-18-27-40)46(54)50-36(3)47(55)52-31-21-29-42(52)37(4)53/h10-18,22-27,35-36,41-45H,6-9,19-21,28-34H2,1-5H3,(H,50,54)(H,51,56)/t35-,36-,41-,42-,43+,44-,45+,49-/m0/s1. The van der Waals surface area contributed by atoms with E-state index in [1.165, 1.54) is 6.92 Å². The van der Waals surface area contributed by atoms with Gasteiger partial charge in [-0.1, -0.05) is 137 Å². The lowest BCUT2D eigenvalue weighted by Gasteiger charge is -2.51. The number of rotatable bonds is 22. The van der Waals surface area contributed by atoms with E-state index in [9.17, 15) is 19.2 Å². The molecule has 2 N–H and O–H groups in total. The van der Waals surface area contributed by atoms with Crippen molar-refractivity contribution in [3.05, 3.63) is 108 Å². The van der Waals surface area contributed by atoms with Gasteiger partial charge in [-0.25, -0.2) is 4.79 Å². The van der Waals surface area contributed by atoms with Gasteiger partial charge in [0.1, 0.15) is 24.8 Å². The molecule has 0 saturated carbocycles. The van der Waals surface area contributed by atoms with Gasteiger partial charge in [0.2, 0.25) is 11.8 Å². The summed E-state index contributed by atoms with van der Waals surface area (Å²) >= 11 is 0. The molecule has 0 unspecified atom stereocenters. The lowest BCUT2D eigenvalue weighted by atomic mass is 9.78. The molecule has 2 aliphatic heterocycles. The molecule has 8 atom stereocenters. The fourth-order valence-electron chi connectivity index (χ4n) is 8.66. The highest BCUT2D eigenvalue weighted by molar-refractivity contribution is 5.94. The molecule has 0 spiro atoms. The molecule has 326 valence electrons. The Bertz CT molecular complexity index is 1780. The summed E-state index contributed by atoms with van der Waals surface area (Å²) in [5.74, 6) is -0.684. The summed E-state index contributed by atoms with van der Waals surface area (Å²) in [4.78, 5) is 53.6. The quantitative estimate of drug-likeness (QED) is 0.0965. The van der Waals surface area contributed by atoms with Crippen LogP contribution in [-0.4, -0.2) is 77.2 Å². The summed E-state index contributed by atoms with van der Waals surface area (Å²) in [6.07, 6.45) is 6.63. The van der Waals surface area contributed by atoms with Gasteiger partial charge in [-0.15, -0.1) is 0 Å². The van der Waals surface area contributed by atoms with Gasteiger partial charge < -0.3 is 34.5 Å². The minimum absolute atomic E-state index is 0.0336. The number of Topliss-reactive ketones (excluding diaryl/α,β-unsaturated/α-hetero) is 1. The topological polar surface area (TPSA) is 132 Å². The number of ether oxygens (including phenoxy) is 4. The third kappa shape index (κ3) is 13.5. The van der Waals surface area contributed by atoms with E-state index in [4.69, 9.17) is 18.9 Å². The second-order valence-corrected chi connectivity index (χ2v) is 16.8. The molecule has 11 heteroatoms. The van der Waals surface area contributed by atoms with Crippen molar-refractivity contribution >= 4 is 23.7 Å². The van der Waals surface area contributed by atoms with Crippen molar-refractivity contribution in [1.29, 1.82) is 0 Å². The largest absolute Gasteiger partial charge is 0.445 e. The molecule has 2 aliphatic rings. The van der Waals surface area contributed by atoms with Crippen LogP contribution in [0, 0.1) is 5.92 Å². The van der Waals surface area contributed by atoms with Gasteiger partial charge in [-0.05, 0) is 69.6 Å². The lowest BCUT2D eigenvalue weighted by molar-refractivity contribution is -0.273. The second-order valence-electron chi connectivity index (χ2n) is 16.8. The average Bonchev–Trinajstić information content (AvgIpc) is 3.76. The molecule has 2 fully saturated rings. The van der Waals surface area contributed by atoms with Crippen LogP contribution in [0.5, 0.6) is 0 Å². The zero-order chi connectivity index (χ0) is 42.9. The number of unbranched alkanes of at least 4 members (excludes halogenated alkanes) is 4. The Morgan fingerprint density at radius 2 is 1.37 bits per heavy atom. The highest BCUT2D eigenvalue weighted by Crippen LogP contribution is 2.41. The van der Waals surface area contributed by atoms with Crippen molar-refractivity contribution in [2.45, 2.75) is 161 Å². The van der Waals surface area contributed by atoms with E-state index >= 15 is 0 Å². The van der Waals surface area contributed by atoms with E-state index in [0.29, 0.717) is 39.0 Å². The van der Waals surface area contributed by atoms with Crippen LogP contribution in [0.3, 0.4) is 0 Å². The molecule has 2 heterocycles. The molecule has 3 aromatic rings. The van der Waals surface area contributed by atoms with Crippen LogP contribution in [0.2, 0.25) is 0 Å². The summed E-state index contributed by atoms with van der Waals surface area (Å²) in [5.41, 5.74) is 2.49. The zero-order valence-electron chi connectivity index (χ0n) is 36.3. The SMILES string of the molecule is CC[C@H]1O[C@@](C)(CCCCCCC[C@H](NC(=O)OCc2ccccc2)C(=O)N[C@@H](C)C(=O)N2CCC[C@H]2C(C)=O)[C@H](OCc2ccccc2)[C@@H](OCc2ccccc2)[C@H]1C. The molecule has 0 radical (unpaired) electrons. The van der Waals surface area contributed by atoms with Gasteiger partial charge in [-0.2, -0.15) is 0 Å². The molecule has 0 aromatic heterocycles. The number of ketones is 1. The molecule has 2 saturated heterocycles. The van der Waals surface area contributed by atoms with E-state index in [1.54, 1.807) is 11.8 Å². The molecule has 0 bridgehead atoms. The summed E-state index contributed by atoms with van der Waals surface area (Å²) in [7, 11) is 0. The third-order valence-electron chi connectivity index (χ3n) is 12.1. The first-order chi connectivity index (χ1) is 29.0. The van der Waals surface area contributed by atoms with Crippen molar-refractivity contribution in [1.82, 2.24) is 15.5 Å². The van der Waals surface area contributed by atoms with Gasteiger partial charge in [0, 0.05) is 12.5 Å². The first-order valence-electron chi connectivity index (χ1n) is 22.1. The molecule has 60 heavy (non-hydrogen) atoms. The number of benzene rings is 3. The number of amides is 3. The normalized spacial score (nSPS) is 23.7. The predicted octanol–water partition coefficient (Wildman–Crippen LogP) is 8.47. The third-order valence-corrected chi connectivity index (χ3v) is 12.1. The van der Waals surface area contributed by atoms with Crippen LogP contribution < -0.4 is 10.6 Å². The number of alkyl carbamates (subject to hydrolysis) is 1. The first kappa shape index (κ1) is 46.5. The van der Waals surface area contributed by atoms with Gasteiger partial charge in [0.05, 0.1) is 37.1 Å². The predicted molar refractivity (Wildman–Crippen MR) is 232 cm³/mol. The monoisotopic (exact) mass is 825 g/mol. The maximum atomic E-state index is 13.6. The van der Waals surface area contributed by atoms with Crippen molar-refractivity contribution in [3.63, 3.8) is 0 Å². The van der Waals surface area contributed by atoms with Crippen molar-refractivity contribution < 1.29 is 38.1 Å². The Balaban J connectivity index is 1.17. The highest BCUT2D eigenvalue weighted by atomic mass is 16.6. The van der Waals surface area contributed by atoms with Gasteiger partial charge in [0.15, 0.2) is 5.78 Å². The molecule has 3 amide bonds. The summed E-state index contributed by atoms with van der Waals surface area (Å²) in [6.45, 7) is 11.2. The van der Waals surface area contributed by atoms with Crippen LogP contribution in [-0.2, 0) is 53.2 Å². The Morgan fingerprint density at radius 3 is 1.97 bits per heavy atom. The number of carbonyl (C=O) groups is 4. The van der Waals surface area contributed by atoms with Gasteiger partial charge in [0.25, 0.3) is 0 Å². The summed E-state index contributed by atoms with van der Waals surface area (Å²) in [6, 6.07) is 27.6. The number of hydrogen-bond donors (Lipinski definition) is 2. The van der Waals surface area contributed by atoms with E-state index in [2.05, 4.69) is 55.7 Å².